The van der Waals surface area contributed by atoms with Gasteiger partial charge in [-0.3, -0.25) is 4.98 Å². The van der Waals surface area contributed by atoms with Crippen LogP contribution >= 0.6 is 0 Å². The lowest BCUT2D eigenvalue weighted by Gasteiger charge is -2.14. The zero-order valence-electron chi connectivity index (χ0n) is 27.6. The average molecular weight is 667 g/mol. The van der Waals surface area contributed by atoms with Crippen LogP contribution in [0.3, 0.4) is 0 Å². The van der Waals surface area contributed by atoms with E-state index < -0.39 is 0 Å². The van der Waals surface area contributed by atoms with Crippen LogP contribution in [0.5, 0.6) is 0 Å². The molecule has 4 aromatic heterocycles. The summed E-state index contributed by atoms with van der Waals surface area (Å²) in [5.41, 5.74) is 8.24. The number of rotatable bonds is 4. The van der Waals surface area contributed by atoms with Crippen molar-refractivity contribution in [2.45, 2.75) is 0 Å². The predicted molar refractivity (Wildman–Crippen MR) is 209 cm³/mol. The van der Waals surface area contributed by atoms with Crippen molar-refractivity contribution in [3.8, 4) is 45.3 Å². The Morgan fingerprint density at radius 1 is 0.365 bits per heavy atom. The van der Waals surface area contributed by atoms with Gasteiger partial charge in [-0.15, -0.1) is 0 Å². The van der Waals surface area contributed by atoms with Gasteiger partial charge in [0.25, 0.3) is 0 Å². The van der Waals surface area contributed by atoms with Crippen molar-refractivity contribution in [1.82, 2.24) is 19.9 Å². The Balaban J connectivity index is 1.15. The summed E-state index contributed by atoms with van der Waals surface area (Å²) in [5, 5.41) is 8.39. The molecule has 52 heavy (non-hydrogen) atoms. The van der Waals surface area contributed by atoms with Crippen LogP contribution in [0, 0.1) is 0 Å². The molecule has 6 nitrogen and oxygen atoms in total. The maximum atomic E-state index is 6.52. The molecule has 0 aliphatic carbocycles. The largest absolute Gasteiger partial charge is 0.456 e. The number of hydrogen-bond donors (Lipinski definition) is 0. The second kappa shape index (κ2) is 11.2. The molecular weight excluding hydrogens is 641 g/mol. The van der Waals surface area contributed by atoms with Crippen LogP contribution in [0.4, 0.5) is 0 Å². The number of fused-ring (bicyclic) bond motifs is 9. The molecule has 7 aromatic carbocycles. The molecule has 242 valence electrons. The van der Waals surface area contributed by atoms with E-state index in [0.29, 0.717) is 17.5 Å². The summed E-state index contributed by atoms with van der Waals surface area (Å²) in [6.07, 6.45) is 3.69. The molecule has 0 N–H and O–H groups in total. The van der Waals surface area contributed by atoms with Crippen LogP contribution in [0.2, 0.25) is 0 Å². The highest BCUT2D eigenvalue weighted by atomic mass is 16.3. The van der Waals surface area contributed by atoms with E-state index in [1.165, 1.54) is 0 Å². The third-order valence-electron chi connectivity index (χ3n) is 10.0. The quantitative estimate of drug-likeness (QED) is 0.186. The van der Waals surface area contributed by atoms with E-state index in [1.807, 2.05) is 85.2 Å². The van der Waals surface area contributed by atoms with Crippen molar-refractivity contribution in [1.29, 1.82) is 0 Å². The molecule has 4 heterocycles. The monoisotopic (exact) mass is 666 g/mol. The number of furan rings is 2. The van der Waals surface area contributed by atoms with Gasteiger partial charge in [-0.1, -0.05) is 109 Å². The van der Waals surface area contributed by atoms with Crippen LogP contribution in [-0.4, -0.2) is 19.9 Å². The van der Waals surface area contributed by atoms with Gasteiger partial charge in [0.1, 0.15) is 22.3 Å². The van der Waals surface area contributed by atoms with Crippen molar-refractivity contribution >= 4 is 65.4 Å². The smallest absolute Gasteiger partial charge is 0.164 e. The van der Waals surface area contributed by atoms with E-state index >= 15 is 0 Å². The standard InChI is InChI=1S/C46H26N4O2/c1-2-10-28(11-3-1)44-48-45(50-46(49-44)36-16-9-18-39-42(36)34-14-6-7-17-38(34)51-39)33-23-22-31(29-12-4-5-13-30(29)33)32-15-8-19-40-41(32)35-21-20-27-24-25-47-26-37(27)43(35)52-40/h1-26H. The molecule has 11 aromatic rings. The third kappa shape index (κ3) is 4.31. The number of nitrogens with zero attached hydrogens (tertiary/aromatic N) is 4. The lowest BCUT2D eigenvalue weighted by molar-refractivity contribution is 0.669. The summed E-state index contributed by atoms with van der Waals surface area (Å²) in [6.45, 7) is 0. The lowest BCUT2D eigenvalue weighted by atomic mass is 9.92. The third-order valence-corrected chi connectivity index (χ3v) is 10.0. The van der Waals surface area contributed by atoms with Gasteiger partial charge >= 0.3 is 0 Å². The fourth-order valence-corrected chi connectivity index (χ4v) is 7.69. The predicted octanol–water partition coefficient (Wildman–Crippen LogP) is 12.0. The Bertz CT molecular complexity index is 3200. The van der Waals surface area contributed by atoms with Gasteiger partial charge in [0, 0.05) is 56.0 Å². The highest BCUT2D eigenvalue weighted by Crippen LogP contribution is 2.43. The minimum absolute atomic E-state index is 0.588. The Kier molecular flexibility index (Phi) is 6.15. The summed E-state index contributed by atoms with van der Waals surface area (Å²) in [7, 11) is 0. The molecule has 0 aliphatic heterocycles. The molecule has 0 unspecified atom stereocenters. The highest BCUT2D eigenvalue weighted by Gasteiger charge is 2.21. The molecule has 0 bridgehead atoms. The Labute approximate surface area is 296 Å². The SMILES string of the molecule is c1ccc(-c2nc(-c3ccc(-c4cccc5oc6c7cnccc7ccc6c45)c4ccccc34)nc(-c3cccc4oc5ccccc5c34)n2)cc1. The van der Waals surface area contributed by atoms with Crippen molar-refractivity contribution in [3.05, 3.63) is 158 Å². The van der Waals surface area contributed by atoms with Crippen LogP contribution in [0.25, 0.3) is 111 Å². The van der Waals surface area contributed by atoms with E-state index in [-0.39, 0.29) is 0 Å². The van der Waals surface area contributed by atoms with Crippen molar-refractivity contribution in [2.24, 2.45) is 0 Å². The topological polar surface area (TPSA) is 77.8 Å². The van der Waals surface area contributed by atoms with Gasteiger partial charge in [-0.25, -0.2) is 15.0 Å². The summed E-state index contributed by atoms with van der Waals surface area (Å²) in [6, 6.07) is 49.6. The van der Waals surface area contributed by atoms with Gasteiger partial charge in [0.05, 0.1) is 0 Å². The number of benzene rings is 7. The normalized spacial score (nSPS) is 11.8. The van der Waals surface area contributed by atoms with Gasteiger partial charge < -0.3 is 8.83 Å². The Morgan fingerprint density at radius 2 is 1.00 bits per heavy atom. The molecule has 0 radical (unpaired) electrons. The van der Waals surface area contributed by atoms with Gasteiger partial charge in [-0.2, -0.15) is 0 Å². The highest BCUT2D eigenvalue weighted by molar-refractivity contribution is 6.21. The second-order valence-electron chi connectivity index (χ2n) is 13.0. The molecule has 6 heteroatoms. The molecule has 0 saturated heterocycles. The second-order valence-corrected chi connectivity index (χ2v) is 13.0. The summed E-state index contributed by atoms with van der Waals surface area (Å²) >= 11 is 0. The molecule has 0 spiro atoms. The molecule has 0 fully saturated rings. The molecule has 0 atom stereocenters. The molecule has 0 saturated carbocycles. The number of pyridine rings is 1. The summed E-state index contributed by atoms with van der Waals surface area (Å²) in [4.78, 5) is 19.8. The van der Waals surface area contributed by atoms with Gasteiger partial charge in [0.2, 0.25) is 0 Å². The first kappa shape index (κ1) is 28.6. The number of aromatic nitrogens is 4. The van der Waals surface area contributed by atoms with Crippen molar-refractivity contribution in [2.75, 3.05) is 0 Å². The van der Waals surface area contributed by atoms with Crippen LogP contribution in [0.1, 0.15) is 0 Å². The fraction of sp³-hybridized carbons (Fsp3) is 0. The molecule has 0 aliphatic rings. The van der Waals surface area contributed by atoms with E-state index in [9.17, 15) is 0 Å². The van der Waals surface area contributed by atoms with E-state index in [4.69, 9.17) is 23.8 Å². The van der Waals surface area contributed by atoms with Gasteiger partial charge in [0.15, 0.2) is 17.5 Å². The van der Waals surface area contributed by atoms with Crippen molar-refractivity contribution in [3.63, 3.8) is 0 Å². The van der Waals surface area contributed by atoms with Crippen LogP contribution in [0.15, 0.2) is 167 Å². The van der Waals surface area contributed by atoms with Crippen LogP contribution in [-0.2, 0) is 0 Å². The molecular formula is C46H26N4O2. The van der Waals surface area contributed by atoms with E-state index in [0.717, 1.165) is 93.2 Å². The number of hydrogen-bond acceptors (Lipinski definition) is 6. The first-order chi connectivity index (χ1) is 25.8. The zero-order valence-corrected chi connectivity index (χ0v) is 27.6. The van der Waals surface area contributed by atoms with Gasteiger partial charge in [-0.05, 0) is 63.7 Å². The van der Waals surface area contributed by atoms with Crippen molar-refractivity contribution < 1.29 is 8.83 Å². The maximum absolute atomic E-state index is 6.52. The Hall–Kier alpha value is -7.18. The van der Waals surface area contributed by atoms with Crippen LogP contribution < -0.4 is 0 Å². The maximum Gasteiger partial charge on any atom is 0.164 e. The lowest BCUT2D eigenvalue weighted by Crippen LogP contribution is -2.01. The average Bonchev–Trinajstić information content (AvgIpc) is 3.80. The minimum Gasteiger partial charge on any atom is -0.456 e. The Morgan fingerprint density at radius 3 is 1.85 bits per heavy atom. The first-order valence-electron chi connectivity index (χ1n) is 17.2. The number of para-hydroxylation sites is 1. The fourth-order valence-electron chi connectivity index (χ4n) is 7.69. The summed E-state index contributed by atoms with van der Waals surface area (Å²) in [5.74, 6) is 1.79. The first-order valence-corrected chi connectivity index (χ1v) is 17.2. The molecule has 0 amide bonds. The summed E-state index contributed by atoms with van der Waals surface area (Å²) < 4.78 is 12.8. The minimum atomic E-state index is 0.588. The van der Waals surface area contributed by atoms with E-state index in [2.05, 4.69) is 77.8 Å². The van der Waals surface area contributed by atoms with E-state index in [1.54, 1.807) is 0 Å². The zero-order chi connectivity index (χ0) is 34.2. The molecule has 11 rings (SSSR count).